The number of nitrogens with zero attached hydrogens (tertiary/aromatic N) is 6. The first-order valence-electron chi connectivity index (χ1n) is 12.1. The quantitative estimate of drug-likeness (QED) is 0.323. The molecule has 0 bridgehead atoms. The normalized spacial score (nSPS) is 13.5. The highest BCUT2D eigenvalue weighted by atomic mass is 32.2. The summed E-state index contributed by atoms with van der Waals surface area (Å²) in [5.74, 6) is 0.412. The number of piperazine rings is 1. The van der Waals surface area contributed by atoms with Gasteiger partial charge in [-0.05, 0) is 19.1 Å². The number of thioether (sulfide) groups is 1. The summed E-state index contributed by atoms with van der Waals surface area (Å²) in [4.78, 5) is 32.4. The van der Waals surface area contributed by atoms with E-state index in [9.17, 15) is 14.0 Å². The number of benzene rings is 2. The van der Waals surface area contributed by atoms with Crippen molar-refractivity contribution in [2.45, 2.75) is 17.8 Å². The molecule has 3 heterocycles. The van der Waals surface area contributed by atoms with Crippen molar-refractivity contribution in [2.24, 2.45) is 0 Å². The number of carbonyl (C=O) groups is 2. The van der Waals surface area contributed by atoms with E-state index in [-0.39, 0.29) is 23.4 Å². The summed E-state index contributed by atoms with van der Waals surface area (Å²) in [5.41, 5.74) is 1.30. The van der Waals surface area contributed by atoms with E-state index in [2.05, 4.69) is 15.2 Å². The molecule has 0 atom stereocenters. The Bertz CT molecular complexity index is 1420. The number of hydrogen-bond donors (Lipinski definition) is 0. The van der Waals surface area contributed by atoms with Gasteiger partial charge in [0, 0.05) is 31.7 Å². The summed E-state index contributed by atoms with van der Waals surface area (Å²) < 4.78 is 27.0. The molecule has 12 heteroatoms. The molecule has 2 aromatic carbocycles. The lowest BCUT2D eigenvalue weighted by atomic mass is 10.2. The number of para-hydroxylation sites is 1. The largest absolute Gasteiger partial charge is 0.450 e. The topological polar surface area (TPSA) is 107 Å². The van der Waals surface area contributed by atoms with Crippen LogP contribution in [0.3, 0.4) is 0 Å². The monoisotopic (exact) mass is 536 g/mol. The second kappa shape index (κ2) is 11.5. The van der Waals surface area contributed by atoms with E-state index in [0.717, 1.165) is 5.56 Å². The molecule has 1 aliphatic rings. The molecular formula is C26H25FN6O4S. The molecule has 38 heavy (non-hydrogen) atoms. The zero-order valence-electron chi connectivity index (χ0n) is 20.6. The Morgan fingerprint density at radius 1 is 1.00 bits per heavy atom. The van der Waals surface area contributed by atoms with E-state index in [0.29, 0.717) is 55.3 Å². The summed E-state index contributed by atoms with van der Waals surface area (Å²) in [7, 11) is 0. The average Bonchev–Trinajstić information content (AvgIpc) is 3.60. The summed E-state index contributed by atoms with van der Waals surface area (Å²) in [6, 6.07) is 15.8. The lowest BCUT2D eigenvalue weighted by Crippen LogP contribution is -2.50. The molecular weight excluding hydrogens is 511 g/mol. The van der Waals surface area contributed by atoms with E-state index in [4.69, 9.17) is 9.15 Å². The fourth-order valence-corrected chi connectivity index (χ4v) is 4.86. The Morgan fingerprint density at radius 2 is 1.71 bits per heavy atom. The Hall–Kier alpha value is -4.19. The SMILES string of the molecule is CCOC(=O)N1CCN(C(=O)c2coc(CSc3nnc(-c4ccccc4)n3-c3ccccc3F)n2)CC1. The molecule has 0 aliphatic carbocycles. The number of amides is 2. The van der Waals surface area contributed by atoms with Gasteiger partial charge >= 0.3 is 6.09 Å². The average molecular weight is 537 g/mol. The van der Waals surface area contributed by atoms with Gasteiger partial charge < -0.3 is 19.0 Å². The molecule has 10 nitrogen and oxygen atoms in total. The molecule has 5 rings (SSSR count). The fourth-order valence-electron chi connectivity index (χ4n) is 4.06. The predicted molar refractivity (Wildman–Crippen MR) is 137 cm³/mol. The molecule has 2 aromatic heterocycles. The van der Waals surface area contributed by atoms with Crippen LogP contribution in [0.2, 0.25) is 0 Å². The molecule has 0 saturated carbocycles. The van der Waals surface area contributed by atoms with Gasteiger partial charge in [-0.3, -0.25) is 9.36 Å². The number of carbonyl (C=O) groups excluding carboxylic acids is 2. The van der Waals surface area contributed by atoms with Crippen molar-refractivity contribution in [1.82, 2.24) is 29.5 Å². The van der Waals surface area contributed by atoms with Crippen molar-refractivity contribution in [2.75, 3.05) is 32.8 Å². The van der Waals surface area contributed by atoms with Gasteiger partial charge in [-0.25, -0.2) is 14.2 Å². The third-order valence-electron chi connectivity index (χ3n) is 5.95. The Balaban J connectivity index is 1.29. The summed E-state index contributed by atoms with van der Waals surface area (Å²) in [5, 5.41) is 9.07. The number of oxazole rings is 1. The van der Waals surface area contributed by atoms with Crippen molar-refractivity contribution in [3.63, 3.8) is 0 Å². The van der Waals surface area contributed by atoms with Crippen LogP contribution >= 0.6 is 11.8 Å². The fraction of sp³-hybridized carbons (Fsp3) is 0.269. The first-order valence-corrected chi connectivity index (χ1v) is 13.1. The van der Waals surface area contributed by atoms with E-state index in [1.807, 2.05) is 30.3 Å². The lowest BCUT2D eigenvalue weighted by molar-refractivity contribution is 0.0566. The maximum absolute atomic E-state index is 14.8. The van der Waals surface area contributed by atoms with Crippen molar-refractivity contribution >= 4 is 23.8 Å². The molecule has 4 aromatic rings. The second-order valence-electron chi connectivity index (χ2n) is 8.35. The van der Waals surface area contributed by atoms with Gasteiger partial charge in [-0.2, -0.15) is 0 Å². The Labute approximate surface area is 222 Å². The summed E-state index contributed by atoms with van der Waals surface area (Å²) in [6.07, 6.45) is 0.950. The van der Waals surface area contributed by atoms with Crippen LogP contribution in [0.4, 0.5) is 9.18 Å². The zero-order chi connectivity index (χ0) is 26.5. The number of halogens is 1. The molecule has 0 N–H and O–H groups in total. The third-order valence-corrected chi connectivity index (χ3v) is 6.86. The number of hydrogen-bond acceptors (Lipinski definition) is 8. The van der Waals surface area contributed by atoms with E-state index in [1.165, 1.54) is 24.1 Å². The maximum Gasteiger partial charge on any atom is 0.409 e. The van der Waals surface area contributed by atoms with Crippen molar-refractivity contribution in [1.29, 1.82) is 0 Å². The standard InChI is InChI=1S/C26H25FN6O4S/c1-2-36-26(35)32-14-12-31(13-15-32)24(34)20-16-37-22(28-20)17-38-25-30-29-23(18-8-4-3-5-9-18)33(25)21-11-7-6-10-19(21)27/h3-11,16H,2,12-15,17H2,1H3. The van der Waals surface area contributed by atoms with Crippen molar-refractivity contribution in [3.05, 3.63) is 78.3 Å². The van der Waals surface area contributed by atoms with Gasteiger partial charge in [-0.1, -0.05) is 54.2 Å². The number of ether oxygens (including phenoxy) is 1. The van der Waals surface area contributed by atoms with Gasteiger partial charge in [0.05, 0.1) is 18.0 Å². The number of aromatic nitrogens is 4. The minimum absolute atomic E-state index is 0.186. The maximum atomic E-state index is 14.8. The Morgan fingerprint density at radius 3 is 2.45 bits per heavy atom. The molecule has 0 radical (unpaired) electrons. The van der Waals surface area contributed by atoms with Gasteiger partial charge in [0.2, 0.25) is 5.89 Å². The van der Waals surface area contributed by atoms with Crippen molar-refractivity contribution < 1.29 is 23.1 Å². The molecule has 1 saturated heterocycles. The highest BCUT2D eigenvalue weighted by Crippen LogP contribution is 2.30. The molecule has 1 fully saturated rings. The van der Waals surface area contributed by atoms with Gasteiger partial charge in [0.15, 0.2) is 16.7 Å². The third kappa shape index (κ3) is 5.40. The Kier molecular flexibility index (Phi) is 7.68. The second-order valence-corrected chi connectivity index (χ2v) is 9.29. The van der Waals surface area contributed by atoms with E-state index in [1.54, 1.807) is 39.5 Å². The van der Waals surface area contributed by atoms with E-state index >= 15 is 0 Å². The van der Waals surface area contributed by atoms with Gasteiger partial charge in [-0.15, -0.1) is 10.2 Å². The summed E-state index contributed by atoms with van der Waals surface area (Å²) in [6.45, 7) is 3.60. The summed E-state index contributed by atoms with van der Waals surface area (Å²) >= 11 is 1.27. The van der Waals surface area contributed by atoms with Crippen LogP contribution in [-0.4, -0.2) is 74.3 Å². The van der Waals surface area contributed by atoms with Crippen LogP contribution < -0.4 is 0 Å². The lowest BCUT2D eigenvalue weighted by Gasteiger charge is -2.33. The first-order chi connectivity index (χ1) is 18.5. The number of rotatable bonds is 7. The minimum atomic E-state index is -0.404. The van der Waals surface area contributed by atoms with Crippen LogP contribution in [0, 0.1) is 5.82 Å². The predicted octanol–water partition coefficient (Wildman–Crippen LogP) is 4.27. The molecule has 196 valence electrons. The molecule has 1 aliphatic heterocycles. The van der Waals surface area contributed by atoms with Crippen LogP contribution in [0.15, 0.2) is 70.4 Å². The molecule has 0 spiro atoms. The molecule has 0 unspecified atom stereocenters. The highest BCUT2D eigenvalue weighted by molar-refractivity contribution is 7.98. The van der Waals surface area contributed by atoms with Crippen LogP contribution in [0.5, 0.6) is 0 Å². The molecule has 2 amide bonds. The van der Waals surface area contributed by atoms with Gasteiger partial charge in [0.1, 0.15) is 12.1 Å². The zero-order valence-corrected chi connectivity index (χ0v) is 21.4. The van der Waals surface area contributed by atoms with E-state index < -0.39 is 5.82 Å². The van der Waals surface area contributed by atoms with Crippen LogP contribution in [0.25, 0.3) is 17.1 Å². The smallest absolute Gasteiger partial charge is 0.409 e. The van der Waals surface area contributed by atoms with Gasteiger partial charge in [0.25, 0.3) is 5.91 Å². The van der Waals surface area contributed by atoms with Crippen molar-refractivity contribution in [3.8, 4) is 17.1 Å². The minimum Gasteiger partial charge on any atom is -0.450 e. The highest BCUT2D eigenvalue weighted by Gasteiger charge is 2.27. The van der Waals surface area contributed by atoms with Crippen LogP contribution in [0.1, 0.15) is 23.3 Å². The first kappa shape index (κ1) is 25.5. The van der Waals surface area contributed by atoms with Crippen LogP contribution in [-0.2, 0) is 10.5 Å².